The van der Waals surface area contributed by atoms with Crippen LogP contribution in [0.4, 0.5) is 0 Å². The third-order valence-electron chi connectivity index (χ3n) is 2.89. The molecule has 0 saturated carbocycles. The number of methoxy groups -OCH3 is 1. The molecule has 0 amide bonds. The number of aliphatic hydroxyl groups excluding tert-OH is 1. The minimum absolute atomic E-state index is 0.219. The molecule has 0 bridgehead atoms. The Morgan fingerprint density at radius 2 is 2.12 bits per heavy atom. The molecule has 1 aromatic carbocycles. The number of aliphatic hydroxyl groups is 1. The smallest absolute Gasteiger partial charge is 0.0805 e. The van der Waals surface area contributed by atoms with Crippen LogP contribution in [0, 0.1) is 0 Å². The highest BCUT2D eigenvalue weighted by Gasteiger charge is 2.20. The average molecular weight is 322 g/mol. The van der Waals surface area contributed by atoms with Crippen molar-refractivity contribution in [3.8, 4) is 0 Å². The molecule has 17 heavy (non-hydrogen) atoms. The van der Waals surface area contributed by atoms with Gasteiger partial charge < -0.3 is 9.84 Å². The Labute approximate surface area is 116 Å². The van der Waals surface area contributed by atoms with Crippen LogP contribution < -0.4 is 0 Å². The van der Waals surface area contributed by atoms with Gasteiger partial charge in [0.2, 0.25) is 0 Å². The van der Waals surface area contributed by atoms with Crippen molar-refractivity contribution < 1.29 is 9.84 Å². The molecule has 1 rings (SSSR count). The molecule has 96 valence electrons. The first-order valence-corrected chi connectivity index (χ1v) is 6.71. The molecule has 4 heteroatoms. The summed E-state index contributed by atoms with van der Waals surface area (Å²) in [7, 11) is 1.68. The molecule has 0 aliphatic carbocycles. The lowest BCUT2D eigenvalue weighted by atomic mass is 9.97. The molecule has 0 radical (unpaired) electrons. The topological polar surface area (TPSA) is 29.5 Å². The van der Waals surface area contributed by atoms with Crippen LogP contribution in [0.15, 0.2) is 22.7 Å². The zero-order chi connectivity index (χ0) is 13.1. The van der Waals surface area contributed by atoms with Gasteiger partial charge >= 0.3 is 0 Å². The molecule has 0 heterocycles. The Morgan fingerprint density at radius 1 is 1.47 bits per heavy atom. The van der Waals surface area contributed by atoms with Gasteiger partial charge in [-0.3, -0.25) is 0 Å². The normalized spacial score (nSPS) is 13.8. The van der Waals surface area contributed by atoms with Gasteiger partial charge in [-0.15, -0.1) is 0 Å². The zero-order valence-electron chi connectivity index (χ0n) is 10.3. The summed E-state index contributed by atoms with van der Waals surface area (Å²) in [5.74, 6) is 0. The molecule has 2 nitrogen and oxygen atoms in total. The maximum atomic E-state index is 10.1. The molecule has 0 aromatic heterocycles. The molecule has 0 aliphatic rings. The number of benzene rings is 1. The fourth-order valence-corrected chi connectivity index (χ4v) is 2.31. The number of halogens is 2. The van der Waals surface area contributed by atoms with Gasteiger partial charge in [0, 0.05) is 16.6 Å². The van der Waals surface area contributed by atoms with Gasteiger partial charge in [0.1, 0.15) is 0 Å². The van der Waals surface area contributed by atoms with E-state index >= 15 is 0 Å². The number of rotatable bonds is 5. The molecule has 0 fully saturated rings. The summed E-state index contributed by atoms with van der Waals surface area (Å²) >= 11 is 9.43. The van der Waals surface area contributed by atoms with Gasteiger partial charge in [-0.1, -0.05) is 33.6 Å². The first kappa shape index (κ1) is 15.0. The quantitative estimate of drug-likeness (QED) is 0.874. The molecule has 1 aromatic rings. The molecule has 1 atom stereocenters. The van der Waals surface area contributed by atoms with Crippen molar-refractivity contribution in [3.63, 3.8) is 0 Å². The molecule has 1 N–H and O–H groups in total. The maximum absolute atomic E-state index is 10.1. The lowest BCUT2D eigenvalue weighted by Gasteiger charge is -2.24. The van der Waals surface area contributed by atoms with Gasteiger partial charge in [-0.25, -0.2) is 0 Å². The summed E-state index contributed by atoms with van der Waals surface area (Å²) in [6.45, 7) is 4.01. The van der Waals surface area contributed by atoms with Crippen LogP contribution in [-0.2, 0) is 4.74 Å². The highest BCUT2D eigenvalue weighted by atomic mass is 79.9. The lowest BCUT2D eigenvalue weighted by molar-refractivity contribution is 0.00279. The Kier molecular flexibility index (Phi) is 5.45. The van der Waals surface area contributed by atoms with E-state index in [0.717, 1.165) is 16.5 Å². The summed E-state index contributed by atoms with van der Waals surface area (Å²) in [5, 5.41) is 10.7. The standard InChI is InChI=1S/C13H18BrClO2/c1-13(2,17-3)7-6-12(16)10-5-4-9(14)8-11(10)15/h4-5,8,12,16H,6-7H2,1-3H3. The van der Waals surface area contributed by atoms with E-state index in [-0.39, 0.29) is 5.60 Å². The zero-order valence-corrected chi connectivity index (χ0v) is 12.7. The second kappa shape index (κ2) is 6.19. The second-order valence-electron chi connectivity index (χ2n) is 4.68. The molecule has 1 unspecified atom stereocenters. The van der Waals surface area contributed by atoms with E-state index in [1.54, 1.807) is 13.2 Å². The summed E-state index contributed by atoms with van der Waals surface area (Å²) in [6.07, 6.45) is 0.851. The largest absolute Gasteiger partial charge is 0.388 e. The van der Waals surface area contributed by atoms with Crippen LogP contribution in [0.5, 0.6) is 0 Å². The van der Waals surface area contributed by atoms with Crippen LogP contribution in [0.3, 0.4) is 0 Å². The Hall–Kier alpha value is -0.0900. The first-order valence-electron chi connectivity index (χ1n) is 5.54. The van der Waals surface area contributed by atoms with Crippen molar-refractivity contribution in [2.45, 2.75) is 38.4 Å². The highest BCUT2D eigenvalue weighted by molar-refractivity contribution is 9.10. The van der Waals surface area contributed by atoms with Gasteiger partial charge in [-0.05, 0) is 44.4 Å². The molecular formula is C13H18BrClO2. The van der Waals surface area contributed by atoms with Crippen molar-refractivity contribution in [3.05, 3.63) is 33.3 Å². The highest BCUT2D eigenvalue weighted by Crippen LogP contribution is 2.30. The van der Waals surface area contributed by atoms with Crippen molar-refractivity contribution in [1.29, 1.82) is 0 Å². The summed E-state index contributed by atoms with van der Waals surface area (Å²) in [6, 6.07) is 5.52. The van der Waals surface area contributed by atoms with Crippen molar-refractivity contribution in [2.75, 3.05) is 7.11 Å². The van der Waals surface area contributed by atoms with Crippen LogP contribution in [-0.4, -0.2) is 17.8 Å². The number of ether oxygens (including phenoxy) is 1. The summed E-state index contributed by atoms with van der Waals surface area (Å²) in [5.41, 5.74) is 0.546. The summed E-state index contributed by atoms with van der Waals surface area (Å²) in [4.78, 5) is 0. The van der Waals surface area contributed by atoms with Crippen LogP contribution in [0.25, 0.3) is 0 Å². The molecule has 0 saturated heterocycles. The Bertz CT molecular complexity index is 380. The SMILES string of the molecule is COC(C)(C)CCC(O)c1ccc(Br)cc1Cl. The van der Waals surface area contributed by atoms with E-state index < -0.39 is 6.10 Å². The number of hydrogen-bond donors (Lipinski definition) is 1. The molecule has 0 spiro atoms. The van der Waals surface area contributed by atoms with Crippen LogP contribution in [0.2, 0.25) is 5.02 Å². The first-order chi connectivity index (χ1) is 7.85. The third kappa shape index (κ3) is 4.59. The van der Waals surface area contributed by atoms with E-state index in [1.165, 1.54) is 0 Å². The van der Waals surface area contributed by atoms with Crippen molar-refractivity contribution >= 4 is 27.5 Å². The fourth-order valence-electron chi connectivity index (χ4n) is 1.51. The minimum Gasteiger partial charge on any atom is -0.388 e. The van der Waals surface area contributed by atoms with E-state index in [4.69, 9.17) is 16.3 Å². The van der Waals surface area contributed by atoms with Gasteiger partial charge in [-0.2, -0.15) is 0 Å². The predicted molar refractivity (Wildman–Crippen MR) is 74.4 cm³/mol. The van der Waals surface area contributed by atoms with Crippen LogP contribution in [0.1, 0.15) is 38.4 Å². The van der Waals surface area contributed by atoms with Crippen LogP contribution >= 0.6 is 27.5 Å². The third-order valence-corrected chi connectivity index (χ3v) is 3.71. The van der Waals surface area contributed by atoms with Gasteiger partial charge in [0.05, 0.1) is 11.7 Å². The lowest BCUT2D eigenvalue weighted by Crippen LogP contribution is -2.23. The maximum Gasteiger partial charge on any atom is 0.0805 e. The van der Waals surface area contributed by atoms with Crippen molar-refractivity contribution in [2.24, 2.45) is 0 Å². The van der Waals surface area contributed by atoms with E-state index in [1.807, 2.05) is 26.0 Å². The monoisotopic (exact) mass is 320 g/mol. The van der Waals surface area contributed by atoms with E-state index in [9.17, 15) is 5.11 Å². The number of hydrogen-bond acceptors (Lipinski definition) is 2. The Balaban J connectivity index is 2.67. The molecule has 0 aliphatic heterocycles. The fraction of sp³-hybridized carbons (Fsp3) is 0.538. The second-order valence-corrected chi connectivity index (χ2v) is 6.01. The predicted octanol–water partition coefficient (Wildman–Crippen LogP) is 4.34. The van der Waals surface area contributed by atoms with E-state index in [2.05, 4.69) is 15.9 Å². The Morgan fingerprint density at radius 3 is 2.65 bits per heavy atom. The minimum atomic E-state index is -0.551. The van der Waals surface area contributed by atoms with Gasteiger partial charge in [0.15, 0.2) is 0 Å². The molecular weight excluding hydrogens is 303 g/mol. The van der Waals surface area contributed by atoms with E-state index in [0.29, 0.717) is 11.4 Å². The van der Waals surface area contributed by atoms with Gasteiger partial charge in [0.25, 0.3) is 0 Å². The summed E-state index contributed by atoms with van der Waals surface area (Å²) < 4.78 is 6.23. The average Bonchev–Trinajstić information content (AvgIpc) is 2.26. The van der Waals surface area contributed by atoms with Crippen molar-refractivity contribution in [1.82, 2.24) is 0 Å².